The quantitative estimate of drug-likeness (QED) is 0.896. The molecule has 0 bridgehead atoms. The fraction of sp³-hybridized carbons (Fsp3) is 0.529. The smallest absolute Gasteiger partial charge is 0.308 e. The Labute approximate surface area is 136 Å². The van der Waals surface area contributed by atoms with Gasteiger partial charge in [0.25, 0.3) is 0 Å². The van der Waals surface area contributed by atoms with Crippen LogP contribution < -0.4 is 9.47 Å². The second-order valence-electron chi connectivity index (χ2n) is 6.27. The molecule has 1 fully saturated rings. The number of carbonyl (C=O) groups is 2. The van der Waals surface area contributed by atoms with E-state index in [1.807, 2.05) is 19.9 Å². The van der Waals surface area contributed by atoms with Crippen molar-refractivity contribution in [3.8, 4) is 11.5 Å². The first kappa shape index (κ1) is 17.1. The lowest BCUT2D eigenvalue weighted by Gasteiger charge is -2.30. The zero-order valence-electron chi connectivity index (χ0n) is 14.0. The lowest BCUT2D eigenvalue weighted by Crippen LogP contribution is -2.42. The van der Waals surface area contributed by atoms with Gasteiger partial charge in [-0.3, -0.25) is 9.59 Å². The second-order valence-corrected chi connectivity index (χ2v) is 6.27. The molecule has 1 atom stereocenters. The molecule has 6 heteroatoms. The summed E-state index contributed by atoms with van der Waals surface area (Å²) in [4.78, 5) is 25.6. The summed E-state index contributed by atoms with van der Waals surface area (Å²) in [5, 5.41) is 9.09. The number of carboxylic acid groups (broad SMARTS) is 1. The van der Waals surface area contributed by atoms with Crippen LogP contribution in [0, 0.1) is 5.92 Å². The summed E-state index contributed by atoms with van der Waals surface area (Å²) in [6, 6.07) is 5.40. The van der Waals surface area contributed by atoms with Gasteiger partial charge in [-0.25, -0.2) is 0 Å². The number of ether oxygens (including phenoxy) is 2. The first-order chi connectivity index (χ1) is 10.8. The highest BCUT2D eigenvalue weighted by Gasteiger charge is 2.39. The summed E-state index contributed by atoms with van der Waals surface area (Å²) >= 11 is 0. The van der Waals surface area contributed by atoms with Gasteiger partial charge < -0.3 is 19.5 Å². The van der Waals surface area contributed by atoms with Crippen molar-refractivity contribution in [1.29, 1.82) is 0 Å². The zero-order valence-corrected chi connectivity index (χ0v) is 14.0. The molecule has 1 N–H and O–H groups in total. The highest BCUT2D eigenvalue weighted by atomic mass is 16.5. The SMILES string of the molecule is COc1ccc(C(C)(C)C(=O)N2CCC(C(=O)O)C2)cc1OC. The minimum absolute atomic E-state index is 0.0755. The van der Waals surface area contributed by atoms with Crippen molar-refractivity contribution in [2.45, 2.75) is 25.7 Å². The Morgan fingerprint density at radius 1 is 1.22 bits per heavy atom. The average Bonchev–Trinajstić information content (AvgIpc) is 3.03. The van der Waals surface area contributed by atoms with Gasteiger partial charge >= 0.3 is 5.97 Å². The van der Waals surface area contributed by atoms with Crippen LogP contribution in [-0.2, 0) is 15.0 Å². The zero-order chi connectivity index (χ0) is 17.2. The minimum atomic E-state index is -0.843. The standard InChI is InChI=1S/C17H23NO5/c1-17(2,12-5-6-13(22-3)14(9-12)23-4)16(21)18-8-7-11(10-18)15(19)20/h5-6,9,11H,7-8,10H2,1-4H3,(H,19,20). The fourth-order valence-electron chi connectivity index (χ4n) is 2.89. The lowest BCUT2D eigenvalue weighted by atomic mass is 9.83. The number of carboxylic acids is 1. The summed E-state index contributed by atoms with van der Waals surface area (Å²) in [5.41, 5.74) is 0.0337. The lowest BCUT2D eigenvalue weighted by molar-refractivity contribution is -0.141. The maximum absolute atomic E-state index is 12.9. The number of carbonyl (C=O) groups excluding carboxylic acids is 1. The van der Waals surface area contributed by atoms with E-state index < -0.39 is 17.3 Å². The molecule has 1 aromatic carbocycles. The molecule has 0 spiro atoms. The van der Waals surface area contributed by atoms with E-state index in [1.54, 1.807) is 31.3 Å². The first-order valence-electron chi connectivity index (χ1n) is 7.56. The van der Waals surface area contributed by atoms with Gasteiger partial charge in [-0.2, -0.15) is 0 Å². The first-order valence-corrected chi connectivity index (χ1v) is 7.56. The van der Waals surface area contributed by atoms with Crippen LogP contribution in [0.4, 0.5) is 0 Å². The summed E-state index contributed by atoms with van der Waals surface area (Å²) in [6.07, 6.45) is 0.503. The van der Waals surface area contributed by atoms with Gasteiger partial charge in [0.1, 0.15) is 0 Å². The van der Waals surface area contributed by atoms with Crippen molar-refractivity contribution in [3.63, 3.8) is 0 Å². The van der Waals surface area contributed by atoms with E-state index in [4.69, 9.17) is 14.6 Å². The molecule has 23 heavy (non-hydrogen) atoms. The van der Waals surface area contributed by atoms with E-state index in [2.05, 4.69) is 0 Å². The molecular weight excluding hydrogens is 298 g/mol. The van der Waals surface area contributed by atoms with Crippen molar-refractivity contribution < 1.29 is 24.2 Å². The van der Waals surface area contributed by atoms with Gasteiger partial charge in [-0.1, -0.05) is 6.07 Å². The van der Waals surface area contributed by atoms with E-state index in [-0.39, 0.29) is 12.5 Å². The number of amides is 1. The number of nitrogens with zero attached hydrogens (tertiary/aromatic N) is 1. The van der Waals surface area contributed by atoms with Crippen LogP contribution in [0.2, 0.25) is 0 Å². The van der Waals surface area contributed by atoms with Gasteiger partial charge in [0.2, 0.25) is 5.91 Å². The third-order valence-electron chi connectivity index (χ3n) is 4.46. The molecule has 0 saturated carbocycles. The molecule has 2 rings (SSSR count). The molecule has 1 aromatic rings. The maximum Gasteiger partial charge on any atom is 0.308 e. The van der Waals surface area contributed by atoms with Crippen LogP contribution in [0.25, 0.3) is 0 Å². The maximum atomic E-state index is 12.9. The van der Waals surface area contributed by atoms with E-state index in [9.17, 15) is 9.59 Å². The molecular formula is C17H23NO5. The number of hydrogen-bond acceptors (Lipinski definition) is 4. The number of methoxy groups -OCH3 is 2. The molecule has 0 aromatic heterocycles. The predicted molar refractivity (Wildman–Crippen MR) is 84.9 cm³/mol. The molecule has 1 saturated heterocycles. The van der Waals surface area contributed by atoms with Crippen molar-refractivity contribution in [2.75, 3.05) is 27.3 Å². The molecule has 126 valence electrons. The van der Waals surface area contributed by atoms with Gasteiger partial charge in [-0.05, 0) is 38.0 Å². The van der Waals surface area contributed by atoms with E-state index in [1.165, 1.54) is 0 Å². The summed E-state index contributed by atoms with van der Waals surface area (Å²) in [7, 11) is 3.11. The summed E-state index contributed by atoms with van der Waals surface area (Å²) in [5.74, 6) is -0.222. The third-order valence-corrected chi connectivity index (χ3v) is 4.46. The number of likely N-dealkylation sites (tertiary alicyclic amines) is 1. The number of rotatable bonds is 5. The van der Waals surface area contributed by atoms with Gasteiger partial charge in [0.15, 0.2) is 11.5 Å². The topological polar surface area (TPSA) is 76.1 Å². The molecule has 0 aliphatic carbocycles. The largest absolute Gasteiger partial charge is 0.493 e. The van der Waals surface area contributed by atoms with Crippen molar-refractivity contribution in [2.24, 2.45) is 5.92 Å². The van der Waals surface area contributed by atoms with Crippen molar-refractivity contribution in [3.05, 3.63) is 23.8 Å². The molecule has 1 heterocycles. The molecule has 0 radical (unpaired) electrons. The van der Waals surface area contributed by atoms with Crippen LogP contribution in [0.3, 0.4) is 0 Å². The van der Waals surface area contributed by atoms with Gasteiger partial charge in [0.05, 0.1) is 25.6 Å². The van der Waals surface area contributed by atoms with Crippen LogP contribution in [0.15, 0.2) is 18.2 Å². The van der Waals surface area contributed by atoms with Crippen LogP contribution in [0.5, 0.6) is 11.5 Å². The molecule has 1 amide bonds. The average molecular weight is 321 g/mol. The Bertz CT molecular complexity index is 611. The van der Waals surface area contributed by atoms with E-state index in [0.717, 1.165) is 5.56 Å². The van der Waals surface area contributed by atoms with Crippen LogP contribution in [0.1, 0.15) is 25.8 Å². The van der Waals surface area contributed by atoms with Crippen molar-refractivity contribution in [1.82, 2.24) is 4.90 Å². The normalized spacial score (nSPS) is 17.9. The van der Waals surface area contributed by atoms with Gasteiger partial charge in [-0.15, -0.1) is 0 Å². The predicted octanol–water partition coefficient (Wildman–Crippen LogP) is 1.91. The Balaban J connectivity index is 2.24. The number of benzene rings is 1. The van der Waals surface area contributed by atoms with Crippen LogP contribution in [-0.4, -0.2) is 49.2 Å². The Hall–Kier alpha value is -2.24. The molecule has 6 nitrogen and oxygen atoms in total. The summed E-state index contributed by atoms with van der Waals surface area (Å²) < 4.78 is 10.5. The number of hydrogen-bond donors (Lipinski definition) is 1. The third kappa shape index (κ3) is 3.25. The Morgan fingerprint density at radius 2 is 1.87 bits per heavy atom. The fourth-order valence-corrected chi connectivity index (χ4v) is 2.89. The Morgan fingerprint density at radius 3 is 2.39 bits per heavy atom. The molecule has 1 aliphatic heterocycles. The molecule has 1 aliphatic rings. The summed E-state index contributed by atoms with van der Waals surface area (Å²) in [6.45, 7) is 4.42. The highest BCUT2D eigenvalue weighted by Crippen LogP contribution is 2.35. The van der Waals surface area contributed by atoms with Gasteiger partial charge in [0, 0.05) is 13.1 Å². The number of aliphatic carboxylic acids is 1. The monoisotopic (exact) mass is 321 g/mol. The second kappa shape index (κ2) is 6.48. The molecule has 1 unspecified atom stereocenters. The highest BCUT2D eigenvalue weighted by molar-refractivity contribution is 5.88. The van der Waals surface area contributed by atoms with Crippen molar-refractivity contribution >= 4 is 11.9 Å². The Kier molecular flexibility index (Phi) is 4.82. The minimum Gasteiger partial charge on any atom is -0.493 e. The van der Waals surface area contributed by atoms with E-state index in [0.29, 0.717) is 24.5 Å². The van der Waals surface area contributed by atoms with Crippen LogP contribution >= 0.6 is 0 Å². The van der Waals surface area contributed by atoms with E-state index >= 15 is 0 Å².